The summed E-state index contributed by atoms with van der Waals surface area (Å²) in [7, 11) is 2.02. The molecule has 0 amide bonds. The lowest BCUT2D eigenvalue weighted by Gasteiger charge is -2.33. The van der Waals surface area contributed by atoms with Gasteiger partial charge in [-0.2, -0.15) is 5.10 Å². The molecule has 19 heavy (non-hydrogen) atoms. The van der Waals surface area contributed by atoms with E-state index in [0.717, 1.165) is 18.3 Å². The van der Waals surface area contributed by atoms with Gasteiger partial charge in [0.2, 0.25) is 0 Å². The number of hydrogen-bond donors (Lipinski definition) is 1. The van der Waals surface area contributed by atoms with Crippen LogP contribution in [0, 0.1) is 11.8 Å². The minimum Gasteiger partial charge on any atom is -0.324 e. The smallest absolute Gasteiger partial charge is 0.0721 e. The van der Waals surface area contributed by atoms with Gasteiger partial charge in [-0.25, -0.2) is 0 Å². The second-order valence-electron chi connectivity index (χ2n) is 6.58. The molecule has 0 radical (unpaired) electrons. The first-order valence-corrected chi connectivity index (χ1v) is 7.35. The standard InChI is InChI=1S/C16H21N3/c1-19-15-5-3-2-4-13(15)14(18-19)10-16(17)9-11-6-7-12(16)8-11/h2-5,11-12H,6-10,17H2,1H3. The number of aryl methyl sites for hydroxylation is 1. The van der Waals surface area contributed by atoms with E-state index in [1.807, 2.05) is 11.7 Å². The highest BCUT2D eigenvalue weighted by atomic mass is 15.3. The summed E-state index contributed by atoms with van der Waals surface area (Å²) in [5, 5.41) is 5.99. The molecule has 3 nitrogen and oxygen atoms in total. The molecule has 0 aliphatic heterocycles. The first-order valence-electron chi connectivity index (χ1n) is 7.35. The molecule has 2 aliphatic carbocycles. The summed E-state index contributed by atoms with van der Waals surface area (Å²) in [4.78, 5) is 0. The largest absolute Gasteiger partial charge is 0.324 e. The molecule has 2 bridgehead atoms. The third-order valence-electron chi connectivity index (χ3n) is 5.35. The molecule has 1 heterocycles. The zero-order valence-corrected chi connectivity index (χ0v) is 11.5. The van der Waals surface area contributed by atoms with Gasteiger partial charge in [0.15, 0.2) is 0 Å². The lowest BCUT2D eigenvalue weighted by Crippen LogP contribution is -2.47. The number of nitrogens with zero attached hydrogens (tertiary/aromatic N) is 2. The maximum absolute atomic E-state index is 6.73. The summed E-state index contributed by atoms with van der Waals surface area (Å²) in [5.41, 5.74) is 9.13. The van der Waals surface area contributed by atoms with Crippen LogP contribution in [0.25, 0.3) is 10.9 Å². The molecule has 3 unspecified atom stereocenters. The maximum atomic E-state index is 6.73. The van der Waals surface area contributed by atoms with Gasteiger partial charge in [0.25, 0.3) is 0 Å². The van der Waals surface area contributed by atoms with Crippen molar-refractivity contribution in [2.75, 3.05) is 0 Å². The van der Waals surface area contributed by atoms with E-state index in [1.54, 1.807) is 0 Å². The van der Waals surface area contributed by atoms with Crippen LogP contribution in [0.3, 0.4) is 0 Å². The number of nitrogens with two attached hydrogens (primary N) is 1. The summed E-state index contributed by atoms with van der Waals surface area (Å²) in [6, 6.07) is 8.48. The quantitative estimate of drug-likeness (QED) is 0.896. The molecule has 0 saturated heterocycles. The van der Waals surface area contributed by atoms with Crippen LogP contribution in [-0.4, -0.2) is 15.3 Å². The monoisotopic (exact) mass is 255 g/mol. The van der Waals surface area contributed by atoms with E-state index >= 15 is 0 Å². The normalized spacial score (nSPS) is 33.4. The maximum Gasteiger partial charge on any atom is 0.0721 e. The van der Waals surface area contributed by atoms with Gasteiger partial charge >= 0.3 is 0 Å². The first kappa shape index (κ1) is 11.5. The van der Waals surface area contributed by atoms with Crippen LogP contribution in [0.15, 0.2) is 24.3 Å². The average molecular weight is 255 g/mol. The highest BCUT2D eigenvalue weighted by molar-refractivity contribution is 5.82. The second kappa shape index (κ2) is 3.83. The summed E-state index contributed by atoms with van der Waals surface area (Å²) in [5.74, 6) is 1.60. The zero-order valence-electron chi connectivity index (χ0n) is 11.5. The Balaban J connectivity index is 1.72. The lowest BCUT2D eigenvalue weighted by molar-refractivity contribution is 0.267. The van der Waals surface area contributed by atoms with Gasteiger partial charge in [-0.3, -0.25) is 4.68 Å². The van der Waals surface area contributed by atoms with Gasteiger partial charge in [-0.15, -0.1) is 0 Å². The molecular formula is C16H21N3. The topological polar surface area (TPSA) is 43.8 Å². The van der Waals surface area contributed by atoms with E-state index in [0.29, 0.717) is 0 Å². The fourth-order valence-corrected chi connectivity index (χ4v) is 4.43. The number of hydrogen-bond acceptors (Lipinski definition) is 2. The molecular weight excluding hydrogens is 234 g/mol. The Morgan fingerprint density at radius 2 is 2.21 bits per heavy atom. The Hall–Kier alpha value is -1.35. The van der Waals surface area contributed by atoms with Crippen molar-refractivity contribution in [2.24, 2.45) is 24.6 Å². The molecule has 4 rings (SSSR count). The van der Waals surface area contributed by atoms with Crippen molar-refractivity contribution in [3.05, 3.63) is 30.0 Å². The van der Waals surface area contributed by atoms with E-state index < -0.39 is 0 Å². The fraction of sp³-hybridized carbons (Fsp3) is 0.562. The van der Waals surface area contributed by atoms with Crippen LogP contribution in [0.2, 0.25) is 0 Å². The average Bonchev–Trinajstić information content (AvgIpc) is 3.05. The molecule has 1 aromatic heterocycles. The molecule has 2 fully saturated rings. The highest BCUT2D eigenvalue weighted by Gasteiger charge is 2.48. The minimum absolute atomic E-state index is 0.0000411. The van der Waals surface area contributed by atoms with E-state index in [-0.39, 0.29) is 5.54 Å². The Morgan fingerprint density at radius 1 is 1.37 bits per heavy atom. The lowest BCUT2D eigenvalue weighted by atomic mass is 9.78. The summed E-state index contributed by atoms with van der Waals surface area (Å²) < 4.78 is 1.99. The van der Waals surface area contributed by atoms with E-state index in [9.17, 15) is 0 Å². The highest BCUT2D eigenvalue weighted by Crippen LogP contribution is 2.50. The molecule has 100 valence electrons. The van der Waals surface area contributed by atoms with Crippen molar-refractivity contribution in [3.63, 3.8) is 0 Å². The van der Waals surface area contributed by atoms with Gasteiger partial charge in [0, 0.05) is 24.4 Å². The van der Waals surface area contributed by atoms with Gasteiger partial charge in [0.05, 0.1) is 11.2 Å². The Morgan fingerprint density at radius 3 is 2.95 bits per heavy atom. The molecule has 2 aromatic rings. The first-order chi connectivity index (χ1) is 9.16. The Bertz CT molecular complexity index is 630. The Kier molecular flexibility index (Phi) is 2.31. The van der Waals surface area contributed by atoms with Crippen LogP contribution in [0.4, 0.5) is 0 Å². The summed E-state index contributed by atoms with van der Waals surface area (Å²) >= 11 is 0. The van der Waals surface area contributed by atoms with Crippen molar-refractivity contribution < 1.29 is 0 Å². The van der Waals surface area contributed by atoms with Crippen LogP contribution < -0.4 is 5.73 Å². The molecule has 2 aliphatic rings. The van der Waals surface area contributed by atoms with Gasteiger partial charge in [-0.05, 0) is 37.2 Å². The fourth-order valence-electron chi connectivity index (χ4n) is 4.43. The van der Waals surface area contributed by atoms with Gasteiger partial charge in [0.1, 0.15) is 0 Å². The number of fused-ring (bicyclic) bond motifs is 3. The number of para-hydroxylation sites is 1. The van der Waals surface area contributed by atoms with Crippen molar-refractivity contribution >= 4 is 10.9 Å². The van der Waals surface area contributed by atoms with Gasteiger partial charge in [-0.1, -0.05) is 24.6 Å². The van der Waals surface area contributed by atoms with Crippen molar-refractivity contribution in [3.8, 4) is 0 Å². The second-order valence-corrected chi connectivity index (χ2v) is 6.58. The molecule has 3 atom stereocenters. The van der Waals surface area contributed by atoms with Crippen molar-refractivity contribution in [1.29, 1.82) is 0 Å². The summed E-state index contributed by atoms with van der Waals surface area (Å²) in [6.07, 6.45) is 6.21. The van der Waals surface area contributed by atoms with Crippen LogP contribution in [0.5, 0.6) is 0 Å². The van der Waals surface area contributed by atoms with Gasteiger partial charge < -0.3 is 5.73 Å². The minimum atomic E-state index is 0.0000411. The third-order valence-corrected chi connectivity index (χ3v) is 5.35. The third kappa shape index (κ3) is 1.64. The van der Waals surface area contributed by atoms with Crippen LogP contribution in [0.1, 0.15) is 31.4 Å². The van der Waals surface area contributed by atoms with E-state index in [2.05, 4.69) is 24.3 Å². The predicted molar refractivity (Wildman–Crippen MR) is 76.8 cm³/mol. The molecule has 2 saturated carbocycles. The zero-order chi connectivity index (χ0) is 13.0. The molecule has 3 heteroatoms. The van der Waals surface area contributed by atoms with Crippen LogP contribution in [-0.2, 0) is 13.5 Å². The molecule has 1 aromatic carbocycles. The SMILES string of the molecule is Cn1nc(CC2(N)CC3CCC2C3)c2ccccc21. The Labute approximate surface area is 113 Å². The summed E-state index contributed by atoms with van der Waals surface area (Å²) in [6.45, 7) is 0. The van der Waals surface area contributed by atoms with Crippen molar-refractivity contribution in [1.82, 2.24) is 9.78 Å². The number of rotatable bonds is 2. The number of aromatic nitrogens is 2. The van der Waals surface area contributed by atoms with E-state index in [1.165, 1.54) is 42.3 Å². The number of benzene rings is 1. The van der Waals surface area contributed by atoms with Crippen molar-refractivity contribution in [2.45, 2.75) is 37.6 Å². The predicted octanol–water partition coefficient (Wildman–Crippen LogP) is 2.63. The molecule has 0 spiro atoms. The van der Waals surface area contributed by atoms with Crippen LogP contribution >= 0.6 is 0 Å². The molecule has 2 N–H and O–H groups in total. The van der Waals surface area contributed by atoms with E-state index in [4.69, 9.17) is 10.8 Å².